The Labute approximate surface area is 116 Å². The Morgan fingerprint density at radius 2 is 1.00 bits per heavy atom. The molecule has 2 heteroatoms. The van der Waals surface area contributed by atoms with Crippen molar-refractivity contribution in [1.82, 2.24) is 0 Å². The summed E-state index contributed by atoms with van der Waals surface area (Å²) in [6.45, 7) is 0. The summed E-state index contributed by atoms with van der Waals surface area (Å²) in [4.78, 5) is 0. The molecular weight excluding hydrogens is 557 g/mol. The standard InChI is InChI=1S/2C6H5.CH2.2Hg/c2*1-2-4-6-5-3-1;;;/h2*1-5H;1H2;;. The van der Waals surface area contributed by atoms with Crippen molar-refractivity contribution in [3.05, 3.63) is 60.7 Å². The van der Waals surface area contributed by atoms with E-state index in [0.717, 1.165) is 0 Å². The molecule has 0 unspecified atom stereocenters. The van der Waals surface area contributed by atoms with Gasteiger partial charge in [-0.25, -0.2) is 0 Å². The van der Waals surface area contributed by atoms with Crippen molar-refractivity contribution in [1.29, 1.82) is 0 Å². The molecule has 0 N–H and O–H groups in total. The van der Waals surface area contributed by atoms with Gasteiger partial charge in [0, 0.05) is 0 Å². The minimum absolute atomic E-state index is 0.695. The number of hydrogen-bond acceptors (Lipinski definition) is 0. The first kappa shape index (κ1) is 11.8. The normalized spacial score (nSPS) is 9.07. The fraction of sp³-hybridized carbons (Fsp3) is 0.0769. The molecule has 15 heavy (non-hydrogen) atoms. The Bertz CT molecular complexity index is 344. The van der Waals surface area contributed by atoms with Crippen LogP contribution in [0, 0.1) is 0 Å². The molecule has 0 bridgehead atoms. The van der Waals surface area contributed by atoms with Gasteiger partial charge in [0.15, 0.2) is 0 Å². The van der Waals surface area contributed by atoms with Gasteiger partial charge in [-0.2, -0.15) is 0 Å². The number of benzene rings is 2. The molecule has 0 atom stereocenters. The van der Waals surface area contributed by atoms with Crippen LogP contribution >= 0.6 is 0 Å². The van der Waals surface area contributed by atoms with Gasteiger partial charge >= 0.3 is 117 Å². The summed E-state index contributed by atoms with van der Waals surface area (Å²) in [5.41, 5.74) is 0. The van der Waals surface area contributed by atoms with Crippen LogP contribution in [0.1, 0.15) is 0 Å². The summed E-state index contributed by atoms with van der Waals surface area (Å²) < 4.78 is 5.11. The van der Waals surface area contributed by atoms with Gasteiger partial charge in [-0.3, -0.25) is 0 Å². The van der Waals surface area contributed by atoms with Crippen LogP contribution in [-0.4, -0.2) is 0 Å². The fourth-order valence-corrected chi connectivity index (χ4v) is 44.2. The Hall–Kier alpha value is 0.310. The fourth-order valence-electron chi connectivity index (χ4n) is 1.79. The Kier molecular flexibility index (Phi) is 5.34. The van der Waals surface area contributed by atoms with Gasteiger partial charge in [-0.1, -0.05) is 0 Å². The molecular formula is C13H12Hg2. The van der Waals surface area contributed by atoms with E-state index in [9.17, 15) is 0 Å². The molecule has 0 heterocycles. The van der Waals surface area contributed by atoms with Crippen LogP contribution in [0.25, 0.3) is 0 Å². The zero-order valence-corrected chi connectivity index (χ0v) is 19.9. The summed E-state index contributed by atoms with van der Waals surface area (Å²) in [6, 6.07) is 22.3. The zero-order chi connectivity index (χ0) is 10.3. The zero-order valence-electron chi connectivity index (χ0n) is 8.89. The molecule has 0 aliphatic carbocycles. The van der Waals surface area contributed by atoms with Crippen LogP contribution in [0.5, 0.6) is 0 Å². The van der Waals surface area contributed by atoms with Crippen LogP contribution < -0.4 is 6.14 Å². The Morgan fingerprint density at radius 3 is 1.40 bits per heavy atom. The van der Waals surface area contributed by atoms with Crippen molar-refractivity contribution in [2.75, 3.05) is 0 Å². The molecule has 0 amide bonds. The maximum absolute atomic E-state index is 2.33. The molecule has 0 saturated heterocycles. The average molecular weight is 569 g/mol. The van der Waals surface area contributed by atoms with Gasteiger partial charge in [-0.05, 0) is 0 Å². The molecule has 2 aromatic rings. The van der Waals surface area contributed by atoms with E-state index in [4.69, 9.17) is 0 Å². The second-order valence-corrected chi connectivity index (χ2v) is 40.9. The second kappa shape index (κ2) is 6.80. The maximum atomic E-state index is 2.33. The van der Waals surface area contributed by atoms with E-state index in [-0.39, 0.29) is 0 Å². The summed E-state index contributed by atoms with van der Waals surface area (Å²) in [6.07, 6.45) is 0. The van der Waals surface area contributed by atoms with Crippen LogP contribution in [-0.2, 0) is 49.1 Å². The van der Waals surface area contributed by atoms with E-state index < -0.39 is 49.1 Å². The molecule has 2 aromatic carbocycles. The van der Waals surface area contributed by atoms with Crippen LogP contribution in [0.15, 0.2) is 60.7 Å². The molecule has 0 aromatic heterocycles. The van der Waals surface area contributed by atoms with Gasteiger partial charge in [0.25, 0.3) is 0 Å². The molecule has 0 aliphatic rings. The first-order valence-electron chi connectivity index (χ1n) is 5.53. The molecule has 0 aliphatic heterocycles. The molecule has 2 rings (SSSR count). The minimum atomic E-state index is -0.695. The van der Waals surface area contributed by atoms with E-state index in [0.29, 0.717) is 0 Å². The van der Waals surface area contributed by atoms with E-state index in [1.165, 1.54) is 0 Å². The first-order chi connectivity index (χ1) is 7.45. The third-order valence-electron chi connectivity index (χ3n) is 2.62. The Morgan fingerprint density at radius 1 is 0.600 bits per heavy atom. The van der Waals surface area contributed by atoms with Crippen molar-refractivity contribution in [2.45, 2.75) is 1.44 Å². The quantitative estimate of drug-likeness (QED) is 0.496. The third kappa shape index (κ3) is 4.36. The number of hydrogen-bond donors (Lipinski definition) is 0. The monoisotopic (exact) mass is 572 g/mol. The van der Waals surface area contributed by atoms with Crippen LogP contribution in [0.2, 0.25) is 1.44 Å². The summed E-state index contributed by atoms with van der Waals surface area (Å²) >= 11 is -1.39. The van der Waals surface area contributed by atoms with Crippen molar-refractivity contribution in [3.8, 4) is 0 Å². The average Bonchev–Trinajstić information content (AvgIpc) is 2.32. The first-order valence-corrected chi connectivity index (χ1v) is 18.8. The van der Waals surface area contributed by atoms with Gasteiger partial charge in [0.05, 0.1) is 0 Å². The predicted molar refractivity (Wildman–Crippen MR) is 57.0 cm³/mol. The van der Waals surface area contributed by atoms with E-state index in [2.05, 4.69) is 60.7 Å². The Balaban J connectivity index is 1.81. The molecule has 0 radical (unpaired) electrons. The van der Waals surface area contributed by atoms with Crippen LogP contribution in [0.4, 0.5) is 0 Å². The number of rotatable bonds is 4. The van der Waals surface area contributed by atoms with E-state index in [1.807, 2.05) is 0 Å². The molecule has 0 fully saturated rings. The summed E-state index contributed by atoms with van der Waals surface area (Å²) in [5, 5.41) is 0. The third-order valence-corrected chi connectivity index (χ3v) is 37.6. The molecule has 0 nitrogen and oxygen atoms in total. The van der Waals surface area contributed by atoms with Crippen molar-refractivity contribution in [3.63, 3.8) is 0 Å². The topological polar surface area (TPSA) is 0 Å². The van der Waals surface area contributed by atoms with Gasteiger partial charge in [0.1, 0.15) is 0 Å². The summed E-state index contributed by atoms with van der Waals surface area (Å²) in [5.74, 6) is 0. The van der Waals surface area contributed by atoms with E-state index in [1.54, 1.807) is 7.58 Å². The SMILES string of the molecule is c1cc[c]([Hg][CH2][Hg][c]2ccccc2)cc1. The van der Waals surface area contributed by atoms with Gasteiger partial charge < -0.3 is 0 Å². The summed E-state index contributed by atoms with van der Waals surface area (Å²) in [7, 11) is 0. The second-order valence-electron chi connectivity index (χ2n) is 3.82. The predicted octanol–water partition coefficient (Wildman–Crippen LogP) is 2.18. The van der Waals surface area contributed by atoms with Gasteiger partial charge in [0.2, 0.25) is 0 Å². The molecule has 0 saturated carbocycles. The molecule has 68 valence electrons. The van der Waals surface area contributed by atoms with Gasteiger partial charge in [-0.15, -0.1) is 0 Å². The van der Waals surface area contributed by atoms with E-state index >= 15 is 0 Å². The molecule has 0 spiro atoms. The van der Waals surface area contributed by atoms with Crippen molar-refractivity contribution in [2.24, 2.45) is 0 Å². The van der Waals surface area contributed by atoms with Crippen LogP contribution in [0.3, 0.4) is 0 Å². The van der Waals surface area contributed by atoms with Crippen molar-refractivity contribution >= 4 is 6.14 Å². The van der Waals surface area contributed by atoms with Crippen molar-refractivity contribution < 1.29 is 49.1 Å².